The highest BCUT2D eigenvalue weighted by atomic mass is 35.5. The van der Waals surface area contributed by atoms with Crippen molar-refractivity contribution in [2.75, 3.05) is 5.73 Å². The molecule has 2 aromatic carbocycles. The average molecular weight is 300 g/mol. The zero-order valence-corrected chi connectivity index (χ0v) is 12.5. The van der Waals surface area contributed by atoms with Crippen LogP contribution in [0.2, 0.25) is 5.02 Å². The van der Waals surface area contributed by atoms with E-state index in [0.29, 0.717) is 22.3 Å². The van der Waals surface area contributed by atoms with Crippen LogP contribution in [-0.2, 0) is 0 Å². The zero-order chi connectivity index (χ0) is 15.0. The summed E-state index contributed by atoms with van der Waals surface area (Å²) in [6.07, 6.45) is 1.49. The number of ether oxygens (including phenoxy) is 1. The predicted octanol–water partition coefficient (Wildman–Crippen LogP) is 4.27. The predicted molar refractivity (Wildman–Crippen MR) is 85.0 cm³/mol. The topological polar surface area (TPSA) is 61.0 Å². The van der Waals surface area contributed by atoms with Gasteiger partial charge >= 0.3 is 0 Å². The van der Waals surface area contributed by atoms with Gasteiger partial charge in [-0.3, -0.25) is 0 Å². The van der Waals surface area contributed by atoms with E-state index in [4.69, 9.17) is 22.1 Å². The Kier molecular flexibility index (Phi) is 3.39. The van der Waals surface area contributed by atoms with Crippen LogP contribution in [0.25, 0.3) is 10.9 Å². The molecule has 5 heteroatoms. The van der Waals surface area contributed by atoms with E-state index in [1.54, 1.807) is 18.2 Å². The second-order valence-corrected chi connectivity index (χ2v) is 5.33. The van der Waals surface area contributed by atoms with Crippen molar-refractivity contribution in [2.24, 2.45) is 0 Å². The molecule has 106 valence electrons. The van der Waals surface area contributed by atoms with E-state index in [1.165, 1.54) is 11.9 Å². The maximum atomic E-state index is 6.01. The zero-order valence-electron chi connectivity index (χ0n) is 11.7. The fourth-order valence-corrected chi connectivity index (χ4v) is 2.23. The number of anilines is 1. The van der Waals surface area contributed by atoms with Gasteiger partial charge in [0.2, 0.25) is 5.88 Å². The lowest BCUT2D eigenvalue weighted by Gasteiger charge is -2.10. The van der Waals surface area contributed by atoms with Gasteiger partial charge in [-0.2, -0.15) is 0 Å². The van der Waals surface area contributed by atoms with Gasteiger partial charge in [-0.1, -0.05) is 11.6 Å². The number of aromatic nitrogens is 2. The molecule has 0 amide bonds. The lowest BCUT2D eigenvalue weighted by atomic mass is 10.1. The van der Waals surface area contributed by atoms with Crippen molar-refractivity contribution in [3.63, 3.8) is 0 Å². The Morgan fingerprint density at radius 2 is 1.81 bits per heavy atom. The highest BCUT2D eigenvalue weighted by Gasteiger charge is 2.09. The van der Waals surface area contributed by atoms with Crippen LogP contribution in [0.1, 0.15) is 11.1 Å². The molecule has 21 heavy (non-hydrogen) atoms. The molecule has 0 atom stereocenters. The van der Waals surface area contributed by atoms with Crippen LogP contribution in [0.5, 0.6) is 11.6 Å². The Balaban J connectivity index is 2.07. The molecule has 0 fully saturated rings. The highest BCUT2D eigenvalue weighted by Crippen LogP contribution is 2.31. The molecule has 4 nitrogen and oxygen atoms in total. The minimum absolute atomic E-state index is 0.456. The molecule has 0 saturated carbocycles. The molecule has 1 heterocycles. The second-order valence-electron chi connectivity index (χ2n) is 4.92. The van der Waals surface area contributed by atoms with Gasteiger partial charge in [0.1, 0.15) is 12.1 Å². The number of halogens is 1. The molecule has 3 aromatic rings. The number of nitrogens with zero attached hydrogens (tertiary/aromatic N) is 2. The largest absolute Gasteiger partial charge is 0.438 e. The van der Waals surface area contributed by atoms with Crippen LogP contribution in [0, 0.1) is 13.8 Å². The van der Waals surface area contributed by atoms with E-state index < -0.39 is 0 Å². The first kappa shape index (κ1) is 13.6. The Hall–Kier alpha value is -2.33. The Morgan fingerprint density at radius 1 is 1.05 bits per heavy atom. The Bertz CT molecular complexity index is 833. The summed E-state index contributed by atoms with van der Waals surface area (Å²) < 4.78 is 5.83. The summed E-state index contributed by atoms with van der Waals surface area (Å²) in [7, 11) is 0. The quantitative estimate of drug-likeness (QED) is 0.718. The molecule has 3 rings (SSSR count). The van der Waals surface area contributed by atoms with Crippen LogP contribution in [-0.4, -0.2) is 9.97 Å². The molecule has 1 aromatic heterocycles. The molecule has 0 aliphatic rings. The normalized spacial score (nSPS) is 10.8. The van der Waals surface area contributed by atoms with Gasteiger partial charge in [0.25, 0.3) is 0 Å². The number of hydrogen-bond donors (Lipinski definition) is 1. The molecular formula is C16H14ClN3O. The van der Waals surface area contributed by atoms with E-state index in [9.17, 15) is 0 Å². The number of fused-ring (bicyclic) bond motifs is 1. The van der Waals surface area contributed by atoms with Gasteiger partial charge in [-0.15, -0.1) is 0 Å². The molecule has 0 saturated heterocycles. The third-order valence-corrected chi connectivity index (χ3v) is 3.73. The van der Waals surface area contributed by atoms with E-state index in [2.05, 4.69) is 16.9 Å². The first-order chi connectivity index (χ1) is 10.0. The number of nitrogen functional groups attached to an aromatic ring is 1. The van der Waals surface area contributed by atoms with E-state index >= 15 is 0 Å². The van der Waals surface area contributed by atoms with Gasteiger partial charge in [-0.05, 0) is 49.2 Å². The van der Waals surface area contributed by atoms with Gasteiger partial charge < -0.3 is 10.5 Å². The molecule has 0 radical (unpaired) electrons. The fraction of sp³-hybridized carbons (Fsp3) is 0.125. The van der Waals surface area contributed by atoms with Crippen LogP contribution in [0.15, 0.2) is 36.7 Å². The lowest BCUT2D eigenvalue weighted by Crippen LogP contribution is -1.94. The summed E-state index contributed by atoms with van der Waals surface area (Å²) in [4.78, 5) is 8.50. The number of hydrogen-bond acceptors (Lipinski definition) is 4. The van der Waals surface area contributed by atoms with Crippen LogP contribution in [0.3, 0.4) is 0 Å². The molecule has 0 unspecified atom stereocenters. The SMILES string of the molecule is Cc1cc2ncnc(Oc3ccc(N)c(Cl)c3)c2cc1C. The van der Waals surface area contributed by atoms with E-state index in [1.807, 2.05) is 19.1 Å². The second kappa shape index (κ2) is 5.22. The van der Waals surface area contributed by atoms with Crippen molar-refractivity contribution in [1.82, 2.24) is 9.97 Å². The number of aryl methyl sites for hydroxylation is 2. The first-order valence-electron chi connectivity index (χ1n) is 6.49. The third kappa shape index (κ3) is 2.62. The number of rotatable bonds is 2. The van der Waals surface area contributed by atoms with E-state index in [0.717, 1.165) is 16.5 Å². The molecule has 0 aliphatic heterocycles. The monoisotopic (exact) mass is 299 g/mol. The minimum atomic E-state index is 0.456. The van der Waals surface area contributed by atoms with Gasteiger partial charge in [0.05, 0.1) is 21.6 Å². The standard InChI is InChI=1S/C16H14ClN3O/c1-9-5-12-15(6-10(9)2)19-8-20-16(12)21-11-3-4-14(18)13(17)7-11/h3-8H,18H2,1-2H3. The van der Waals surface area contributed by atoms with Gasteiger partial charge in [0, 0.05) is 6.07 Å². The summed E-state index contributed by atoms with van der Waals surface area (Å²) in [6.45, 7) is 4.10. The molecule has 2 N–H and O–H groups in total. The van der Waals surface area contributed by atoms with Crippen molar-refractivity contribution in [3.8, 4) is 11.6 Å². The van der Waals surface area contributed by atoms with Crippen molar-refractivity contribution in [1.29, 1.82) is 0 Å². The molecule has 0 spiro atoms. The lowest BCUT2D eigenvalue weighted by molar-refractivity contribution is 0.468. The van der Waals surface area contributed by atoms with Crippen molar-refractivity contribution < 1.29 is 4.74 Å². The summed E-state index contributed by atoms with van der Waals surface area (Å²) in [5.41, 5.74) is 9.41. The van der Waals surface area contributed by atoms with E-state index in [-0.39, 0.29) is 0 Å². The summed E-state index contributed by atoms with van der Waals surface area (Å²) in [5, 5.41) is 1.33. The molecule has 0 bridgehead atoms. The van der Waals surface area contributed by atoms with Crippen molar-refractivity contribution in [3.05, 3.63) is 52.8 Å². The first-order valence-corrected chi connectivity index (χ1v) is 6.87. The van der Waals surface area contributed by atoms with Crippen molar-refractivity contribution >= 4 is 28.2 Å². The number of benzene rings is 2. The number of nitrogens with two attached hydrogens (primary N) is 1. The summed E-state index contributed by atoms with van der Waals surface area (Å²) >= 11 is 6.01. The van der Waals surface area contributed by atoms with Gasteiger partial charge in [-0.25, -0.2) is 9.97 Å². The molecular weight excluding hydrogens is 286 g/mol. The Morgan fingerprint density at radius 3 is 2.57 bits per heavy atom. The molecule has 0 aliphatic carbocycles. The van der Waals surface area contributed by atoms with Crippen LogP contribution >= 0.6 is 11.6 Å². The summed E-state index contributed by atoms with van der Waals surface area (Å²) in [6, 6.07) is 9.19. The third-order valence-electron chi connectivity index (χ3n) is 3.40. The minimum Gasteiger partial charge on any atom is -0.438 e. The Labute approximate surface area is 127 Å². The smallest absolute Gasteiger partial charge is 0.230 e. The average Bonchev–Trinajstić information content (AvgIpc) is 2.45. The van der Waals surface area contributed by atoms with Crippen LogP contribution < -0.4 is 10.5 Å². The summed E-state index contributed by atoms with van der Waals surface area (Å²) in [5.74, 6) is 1.09. The van der Waals surface area contributed by atoms with Crippen LogP contribution in [0.4, 0.5) is 5.69 Å². The maximum Gasteiger partial charge on any atom is 0.230 e. The fourth-order valence-electron chi connectivity index (χ4n) is 2.06. The maximum absolute atomic E-state index is 6.01. The highest BCUT2D eigenvalue weighted by molar-refractivity contribution is 6.33. The van der Waals surface area contributed by atoms with Crippen molar-refractivity contribution in [2.45, 2.75) is 13.8 Å². The van der Waals surface area contributed by atoms with Gasteiger partial charge in [0.15, 0.2) is 0 Å².